The van der Waals surface area contributed by atoms with Gasteiger partial charge in [-0.15, -0.1) is 0 Å². The molecule has 0 N–H and O–H groups in total. The van der Waals surface area contributed by atoms with E-state index in [-0.39, 0.29) is 12.0 Å². The first kappa shape index (κ1) is 18.4. The third-order valence-electron chi connectivity index (χ3n) is 4.51. The number of halogens is 3. The second-order valence-electron chi connectivity index (χ2n) is 6.09. The van der Waals surface area contributed by atoms with Crippen molar-refractivity contribution in [3.63, 3.8) is 0 Å². The first-order valence-electron chi connectivity index (χ1n) is 8.06. The number of carbonyl (C=O) groups excluding carboxylic acids is 1. The zero-order chi connectivity index (χ0) is 18.7. The summed E-state index contributed by atoms with van der Waals surface area (Å²) in [6.45, 7) is 1.83. The van der Waals surface area contributed by atoms with E-state index in [2.05, 4.69) is 20.9 Å². The van der Waals surface area contributed by atoms with Gasteiger partial charge in [0, 0.05) is 34.4 Å². The van der Waals surface area contributed by atoms with E-state index in [0.29, 0.717) is 0 Å². The molecule has 0 amide bonds. The molecule has 1 unspecified atom stereocenters. The lowest BCUT2D eigenvalue weighted by Gasteiger charge is -2.34. The quantitative estimate of drug-likeness (QED) is 0.525. The SMILES string of the molecule is Cc1cc(C(CC=O)(c2ccc(Br)cc2)c2ccc(F)cc2F)ccn1. The lowest BCUT2D eigenvalue weighted by molar-refractivity contribution is -0.108. The molecule has 132 valence electrons. The van der Waals surface area contributed by atoms with E-state index < -0.39 is 17.0 Å². The van der Waals surface area contributed by atoms with Crippen molar-refractivity contribution in [3.8, 4) is 0 Å². The van der Waals surface area contributed by atoms with E-state index in [0.717, 1.165) is 33.6 Å². The average Bonchev–Trinajstić information content (AvgIpc) is 2.61. The van der Waals surface area contributed by atoms with Crippen LogP contribution in [0.25, 0.3) is 0 Å². The van der Waals surface area contributed by atoms with Gasteiger partial charge in [-0.05, 0) is 48.4 Å². The average molecular weight is 416 g/mol. The molecule has 0 aliphatic rings. The van der Waals surface area contributed by atoms with E-state index >= 15 is 0 Å². The molecule has 0 saturated heterocycles. The number of pyridine rings is 1. The van der Waals surface area contributed by atoms with Crippen LogP contribution in [0.1, 0.15) is 28.8 Å². The van der Waals surface area contributed by atoms with Crippen molar-refractivity contribution >= 4 is 22.2 Å². The molecule has 26 heavy (non-hydrogen) atoms. The van der Waals surface area contributed by atoms with Crippen molar-refractivity contribution in [3.05, 3.63) is 99.3 Å². The zero-order valence-electron chi connectivity index (χ0n) is 14.0. The summed E-state index contributed by atoms with van der Waals surface area (Å²) in [6, 6.07) is 14.4. The Hall–Kier alpha value is -2.40. The Morgan fingerprint density at radius 1 is 1.04 bits per heavy atom. The van der Waals surface area contributed by atoms with Gasteiger partial charge < -0.3 is 4.79 Å². The van der Waals surface area contributed by atoms with E-state index in [1.807, 2.05) is 37.3 Å². The Morgan fingerprint density at radius 3 is 2.38 bits per heavy atom. The van der Waals surface area contributed by atoms with E-state index in [1.165, 1.54) is 12.1 Å². The van der Waals surface area contributed by atoms with E-state index in [1.54, 1.807) is 12.3 Å². The minimum Gasteiger partial charge on any atom is -0.303 e. The van der Waals surface area contributed by atoms with Gasteiger partial charge in [-0.25, -0.2) is 8.78 Å². The number of aromatic nitrogens is 1. The Bertz CT molecular complexity index is 943. The molecule has 2 nitrogen and oxygen atoms in total. The van der Waals surface area contributed by atoms with Gasteiger partial charge in [0.25, 0.3) is 0 Å². The first-order chi connectivity index (χ1) is 12.5. The van der Waals surface area contributed by atoms with Crippen molar-refractivity contribution in [2.24, 2.45) is 0 Å². The molecule has 0 radical (unpaired) electrons. The summed E-state index contributed by atoms with van der Waals surface area (Å²) in [5.74, 6) is -1.35. The molecule has 1 aromatic heterocycles. The number of aryl methyl sites for hydroxylation is 1. The fourth-order valence-electron chi connectivity index (χ4n) is 3.33. The molecule has 0 saturated carbocycles. The molecular weight excluding hydrogens is 400 g/mol. The number of hydrogen-bond donors (Lipinski definition) is 0. The van der Waals surface area contributed by atoms with Gasteiger partial charge in [0.05, 0.1) is 5.41 Å². The van der Waals surface area contributed by atoms with Crippen molar-refractivity contribution in [2.75, 3.05) is 0 Å². The van der Waals surface area contributed by atoms with Crippen molar-refractivity contribution in [2.45, 2.75) is 18.8 Å². The van der Waals surface area contributed by atoms with Gasteiger partial charge in [-0.1, -0.05) is 34.1 Å². The molecule has 0 bridgehead atoms. The smallest absolute Gasteiger partial charge is 0.130 e. The molecule has 1 heterocycles. The van der Waals surface area contributed by atoms with Crippen LogP contribution >= 0.6 is 15.9 Å². The lowest BCUT2D eigenvalue weighted by atomic mass is 9.67. The molecule has 5 heteroatoms. The number of benzene rings is 2. The van der Waals surface area contributed by atoms with Crippen LogP contribution in [0.4, 0.5) is 8.78 Å². The summed E-state index contributed by atoms with van der Waals surface area (Å²) >= 11 is 3.40. The van der Waals surface area contributed by atoms with E-state index in [9.17, 15) is 13.6 Å². The second kappa shape index (κ2) is 7.46. The summed E-state index contributed by atoms with van der Waals surface area (Å²) in [5, 5.41) is 0. The van der Waals surface area contributed by atoms with Gasteiger partial charge in [-0.2, -0.15) is 0 Å². The van der Waals surface area contributed by atoms with Crippen LogP contribution in [0.3, 0.4) is 0 Å². The summed E-state index contributed by atoms with van der Waals surface area (Å²) in [4.78, 5) is 15.9. The highest BCUT2D eigenvalue weighted by Crippen LogP contribution is 2.43. The van der Waals surface area contributed by atoms with Crippen LogP contribution in [-0.4, -0.2) is 11.3 Å². The Balaban J connectivity index is 2.38. The molecule has 0 aliphatic heterocycles. The van der Waals surface area contributed by atoms with Crippen LogP contribution in [0.15, 0.2) is 65.3 Å². The summed E-state index contributed by atoms with van der Waals surface area (Å²) in [7, 11) is 0. The van der Waals surface area contributed by atoms with Crippen LogP contribution < -0.4 is 0 Å². The third kappa shape index (κ3) is 3.31. The standard InChI is InChI=1S/C21H16BrF2NO/c1-14-12-16(8-10-25-14)21(9-11-26,15-2-4-17(22)5-3-15)19-7-6-18(23)13-20(19)24/h2-8,10-13H,9H2,1H3. The summed E-state index contributed by atoms with van der Waals surface area (Å²) in [5.41, 5.74) is 1.39. The zero-order valence-corrected chi connectivity index (χ0v) is 15.6. The number of nitrogens with zero attached hydrogens (tertiary/aromatic N) is 1. The minimum absolute atomic E-state index is 0.0145. The molecule has 0 aliphatic carbocycles. The number of aldehydes is 1. The maximum Gasteiger partial charge on any atom is 0.130 e. The molecule has 2 aromatic carbocycles. The molecule has 3 aromatic rings. The molecule has 1 atom stereocenters. The van der Waals surface area contributed by atoms with Crippen molar-refractivity contribution < 1.29 is 13.6 Å². The Labute approximate surface area is 159 Å². The fraction of sp³-hybridized carbons (Fsp3) is 0.143. The van der Waals surface area contributed by atoms with Gasteiger partial charge in [0.2, 0.25) is 0 Å². The van der Waals surface area contributed by atoms with Crippen LogP contribution in [0.2, 0.25) is 0 Å². The highest BCUT2D eigenvalue weighted by Gasteiger charge is 2.38. The van der Waals surface area contributed by atoms with Crippen LogP contribution in [0.5, 0.6) is 0 Å². The predicted molar refractivity (Wildman–Crippen MR) is 100 cm³/mol. The highest BCUT2D eigenvalue weighted by atomic mass is 79.9. The Morgan fingerprint density at radius 2 is 1.77 bits per heavy atom. The molecular formula is C21H16BrF2NO. The highest BCUT2D eigenvalue weighted by molar-refractivity contribution is 9.10. The van der Waals surface area contributed by atoms with Gasteiger partial charge >= 0.3 is 0 Å². The lowest BCUT2D eigenvalue weighted by Crippen LogP contribution is -2.31. The maximum atomic E-state index is 14.8. The van der Waals surface area contributed by atoms with Crippen molar-refractivity contribution in [1.29, 1.82) is 0 Å². The number of rotatable bonds is 5. The monoisotopic (exact) mass is 415 g/mol. The third-order valence-corrected chi connectivity index (χ3v) is 5.04. The fourth-order valence-corrected chi connectivity index (χ4v) is 3.59. The van der Waals surface area contributed by atoms with E-state index in [4.69, 9.17) is 0 Å². The predicted octanol–water partition coefficient (Wildman–Crippen LogP) is 5.35. The van der Waals surface area contributed by atoms with Gasteiger partial charge in [0.1, 0.15) is 17.9 Å². The Kier molecular flexibility index (Phi) is 5.28. The van der Waals surface area contributed by atoms with Crippen LogP contribution in [0, 0.1) is 18.6 Å². The van der Waals surface area contributed by atoms with Gasteiger partial charge in [-0.3, -0.25) is 4.98 Å². The number of carbonyl (C=O) groups is 1. The van der Waals surface area contributed by atoms with Crippen molar-refractivity contribution in [1.82, 2.24) is 4.98 Å². The first-order valence-corrected chi connectivity index (χ1v) is 8.85. The molecule has 3 rings (SSSR count). The number of hydrogen-bond acceptors (Lipinski definition) is 2. The maximum absolute atomic E-state index is 14.8. The molecule has 0 spiro atoms. The molecule has 0 fully saturated rings. The minimum atomic E-state index is -1.08. The largest absolute Gasteiger partial charge is 0.303 e. The van der Waals surface area contributed by atoms with Gasteiger partial charge in [0.15, 0.2) is 0 Å². The second-order valence-corrected chi connectivity index (χ2v) is 7.01. The summed E-state index contributed by atoms with van der Waals surface area (Å²) < 4.78 is 29.2. The van der Waals surface area contributed by atoms with Crippen LogP contribution in [-0.2, 0) is 10.2 Å². The summed E-state index contributed by atoms with van der Waals surface area (Å²) in [6.07, 6.45) is 2.41. The topological polar surface area (TPSA) is 30.0 Å². The normalized spacial score (nSPS) is 13.2.